The molecule has 0 saturated heterocycles. The molecule has 1 atom stereocenters. The molecule has 0 bridgehead atoms. The first-order chi connectivity index (χ1) is 9.42. The highest BCUT2D eigenvalue weighted by Crippen LogP contribution is 2.28. The summed E-state index contributed by atoms with van der Waals surface area (Å²) in [6.45, 7) is 3.77. The summed E-state index contributed by atoms with van der Waals surface area (Å²) in [6, 6.07) is 12.1. The Labute approximate surface area is 124 Å². The van der Waals surface area contributed by atoms with E-state index in [2.05, 4.69) is 6.92 Å². The lowest BCUT2D eigenvalue weighted by Crippen LogP contribution is -2.24. The van der Waals surface area contributed by atoms with Crippen LogP contribution in [0, 0.1) is 5.82 Å². The fourth-order valence-corrected chi connectivity index (χ4v) is 2.45. The van der Waals surface area contributed by atoms with E-state index in [1.165, 1.54) is 17.7 Å². The number of benzene rings is 2. The van der Waals surface area contributed by atoms with Gasteiger partial charge in [-0.05, 0) is 48.2 Å². The Kier molecular flexibility index (Phi) is 4.46. The summed E-state index contributed by atoms with van der Waals surface area (Å²) in [5.41, 5.74) is 1.27. The number of aryl methyl sites for hydroxylation is 1. The van der Waals surface area contributed by atoms with Gasteiger partial charge in [0.2, 0.25) is 0 Å². The lowest BCUT2D eigenvalue weighted by Gasteiger charge is -2.24. The monoisotopic (exact) mass is 292 g/mol. The normalized spacial score (nSPS) is 14.1. The van der Waals surface area contributed by atoms with Crippen molar-refractivity contribution in [1.29, 1.82) is 0 Å². The molecule has 0 aromatic heterocycles. The van der Waals surface area contributed by atoms with Crippen LogP contribution in [-0.4, -0.2) is 5.11 Å². The predicted octanol–water partition coefficient (Wildman–Crippen LogP) is 4.49. The van der Waals surface area contributed by atoms with Crippen molar-refractivity contribution in [1.82, 2.24) is 0 Å². The second-order valence-corrected chi connectivity index (χ2v) is 5.67. The third-order valence-corrected chi connectivity index (χ3v) is 3.76. The highest BCUT2D eigenvalue weighted by atomic mass is 35.5. The summed E-state index contributed by atoms with van der Waals surface area (Å²) in [4.78, 5) is 0. The molecule has 2 rings (SSSR count). The van der Waals surface area contributed by atoms with Crippen molar-refractivity contribution in [2.45, 2.75) is 32.3 Å². The number of aliphatic hydroxyl groups is 1. The Hall–Kier alpha value is -1.38. The fourth-order valence-electron chi connectivity index (χ4n) is 2.25. The van der Waals surface area contributed by atoms with Crippen molar-refractivity contribution in [3.05, 3.63) is 70.0 Å². The van der Waals surface area contributed by atoms with Crippen LogP contribution in [0.3, 0.4) is 0 Å². The van der Waals surface area contributed by atoms with Crippen LogP contribution < -0.4 is 0 Å². The van der Waals surface area contributed by atoms with Gasteiger partial charge in [0.05, 0.1) is 5.60 Å². The first-order valence-electron chi connectivity index (χ1n) is 6.68. The fraction of sp³-hybridized carbons (Fsp3) is 0.294. The van der Waals surface area contributed by atoms with Crippen molar-refractivity contribution < 1.29 is 9.50 Å². The molecule has 1 unspecified atom stereocenters. The molecule has 0 aliphatic rings. The van der Waals surface area contributed by atoms with Gasteiger partial charge in [-0.3, -0.25) is 0 Å². The number of hydrogen-bond acceptors (Lipinski definition) is 1. The zero-order valence-electron chi connectivity index (χ0n) is 11.7. The molecule has 0 aliphatic heterocycles. The molecule has 106 valence electrons. The van der Waals surface area contributed by atoms with Crippen molar-refractivity contribution in [3.63, 3.8) is 0 Å². The second-order valence-electron chi connectivity index (χ2n) is 5.24. The van der Waals surface area contributed by atoms with Gasteiger partial charge in [0.1, 0.15) is 5.82 Å². The molecule has 0 spiro atoms. The maximum absolute atomic E-state index is 13.8. The Morgan fingerprint density at radius 2 is 1.80 bits per heavy atom. The van der Waals surface area contributed by atoms with Gasteiger partial charge in [0, 0.05) is 11.4 Å². The maximum atomic E-state index is 13.8. The molecule has 2 aromatic rings. The van der Waals surface area contributed by atoms with Crippen molar-refractivity contribution >= 4 is 11.6 Å². The summed E-state index contributed by atoms with van der Waals surface area (Å²) in [5.74, 6) is -0.347. The summed E-state index contributed by atoms with van der Waals surface area (Å²) < 4.78 is 13.8. The lowest BCUT2D eigenvalue weighted by atomic mass is 9.88. The predicted molar refractivity (Wildman–Crippen MR) is 80.5 cm³/mol. The number of halogens is 2. The smallest absolute Gasteiger partial charge is 0.126 e. The van der Waals surface area contributed by atoms with Crippen LogP contribution in [0.5, 0.6) is 0 Å². The van der Waals surface area contributed by atoms with E-state index in [0.29, 0.717) is 10.6 Å². The Bertz CT molecular complexity index is 590. The molecular weight excluding hydrogens is 275 g/mol. The van der Waals surface area contributed by atoms with Gasteiger partial charge < -0.3 is 5.11 Å². The Morgan fingerprint density at radius 3 is 2.40 bits per heavy atom. The highest BCUT2D eigenvalue weighted by molar-refractivity contribution is 6.30. The van der Waals surface area contributed by atoms with Gasteiger partial charge in [-0.15, -0.1) is 0 Å². The van der Waals surface area contributed by atoms with Gasteiger partial charge in [-0.25, -0.2) is 4.39 Å². The molecule has 0 saturated carbocycles. The zero-order valence-corrected chi connectivity index (χ0v) is 12.4. The van der Waals surface area contributed by atoms with E-state index in [9.17, 15) is 9.50 Å². The molecule has 2 aromatic carbocycles. The SMILES string of the molecule is CCc1ccc(C(C)(O)Cc2cc(Cl)ccc2F)cc1. The molecule has 0 amide bonds. The van der Waals surface area contributed by atoms with Gasteiger partial charge in [0.15, 0.2) is 0 Å². The van der Waals surface area contributed by atoms with Crippen molar-refractivity contribution in [2.24, 2.45) is 0 Å². The Balaban J connectivity index is 2.27. The van der Waals surface area contributed by atoms with Crippen LogP contribution >= 0.6 is 11.6 Å². The molecule has 20 heavy (non-hydrogen) atoms. The first-order valence-corrected chi connectivity index (χ1v) is 7.06. The lowest BCUT2D eigenvalue weighted by molar-refractivity contribution is 0.0567. The molecular formula is C17H18ClFO. The van der Waals surface area contributed by atoms with Crippen LogP contribution in [0.15, 0.2) is 42.5 Å². The largest absolute Gasteiger partial charge is 0.385 e. The third-order valence-electron chi connectivity index (χ3n) is 3.53. The van der Waals surface area contributed by atoms with Gasteiger partial charge >= 0.3 is 0 Å². The molecule has 0 heterocycles. The topological polar surface area (TPSA) is 20.2 Å². The van der Waals surface area contributed by atoms with Gasteiger partial charge in [0.25, 0.3) is 0 Å². The average molecular weight is 293 g/mol. The number of rotatable bonds is 4. The third kappa shape index (κ3) is 3.38. The minimum atomic E-state index is -1.13. The highest BCUT2D eigenvalue weighted by Gasteiger charge is 2.25. The summed E-state index contributed by atoms with van der Waals surface area (Å²) in [5, 5.41) is 11.1. The quantitative estimate of drug-likeness (QED) is 0.880. The minimum absolute atomic E-state index is 0.185. The average Bonchev–Trinajstić information content (AvgIpc) is 2.43. The van der Waals surface area contributed by atoms with Crippen molar-refractivity contribution in [3.8, 4) is 0 Å². The molecule has 1 nitrogen and oxygen atoms in total. The molecule has 0 fully saturated rings. The first kappa shape index (κ1) is 15.0. The summed E-state index contributed by atoms with van der Waals surface area (Å²) in [7, 11) is 0. The van der Waals surface area contributed by atoms with Crippen LogP contribution in [-0.2, 0) is 18.4 Å². The molecule has 1 N–H and O–H groups in total. The zero-order chi connectivity index (χ0) is 14.8. The van der Waals surface area contributed by atoms with Gasteiger partial charge in [-0.2, -0.15) is 0 Å². The van der Waals surface area contributed by atoms with Gasteiger partial charge in [-0.1, -0.05) is 42.8 Å². The molecule has 3 heteroatoms. The number of hydrogen-bond donors (Lipinski definition) is 1. The summed E-state index contributed by atoms with van der Waals surface area (Å²) in [6.07, 6.45) is 1.14. The van der Waals surface area contributed by atoms with E-state index in [4.69, 9.17) is 11.6 Å². The van der Waals surface area contributed by atoms with Crippen LogP contribution in [0.1, 0.15) is 30.5 Å². The Morgan fingerprint density at radius 1 is 1.15 bits per heavy atom. The van der Waals surface area contributed by atoms with E-state index in [1.54, 1.807) is 13.0 Å². The standard InChI is InChI=1S/C17H18ClFO/c1-3-12-4-6-14(7-5-12)17(2,20)11-13-10-15(18)8-9-16(13)19/h4-10,20H,3,11H2,1-2H3. The molecule has 0 aliphatic carbocycles. The minimum Gasteiger partial charge on any atom is -0.385 e. The van der Waals surface area contributed by atoms with Crippen LogP contribution in [0.4, 0.5) is 4.39 Å². The maximum Gasteiger partial charge on any atom is 0.126 e. The second kappa shape index (κ2) is 5.94. The molecule has 0 radical (unpaired) electrons. The van der Waals surface area contributed by atoms with E-state index >= 15 is 0 Å². The van der Waals surface area contributed by atoms with Crippen LogP contribution in [0.2, 0.25) is 5.02 Å². The van der Waals surface area contributed by atoms with E-state index in [0.717, 1.165) is 12.0 Å². The van der Waals surface area contributed by atoms with E-state index in [1.807, 2.05) is 24.3 Å². The van der Waals surface area contributed by atoms with Crippen LogP contribution in [0.25, 0.3) is 0 Å². The summed E-state index contributed by atoms with van der Waals surface area (Å²) >= 11 is 5.88. The van der Waals surface area contributed by atoms with E-state index in [-0.39, 0.29) is 12.2 Å². The van der Waals surface area contributed by atoms with E-state index < -0.39 is 5.60 Å². The van der Waals surface area contributed by atoms with Crippen molar-refractivity contribution in [2.75, 3.05) is 0 Å².